The van der Waals surface area contributed by atoms with Gasteiger partial charge in [0.15, 0.2) is 5.76 Å². The van der Waals surface area contributed by atoms with Crippen LogP contribution in [-0.2, 0) is 6.54 Å². The van der Waals surface area contributed by atoms with E-state index in [9.17, 15) is 0 Å². The quantitative estimate of drug-likeness (QED) is 0.556. The van der Waals surface area contributed by atoms with Crippen molar-refractivity contribution in [1.82, 2.24) is 0 Å². The summed E-state index contributed by atoms with van der Waals surface area (Å²) in [5.41, 5.74) is 0.981. The Bertz CT molecular complexity index is 630. The van der Waals surface area contributed by atoms with Crippen molar-refractivity contribution in [3.05, 3.63) is 66.4 Å². The van der Waals surface area contributed by atoms with Crippen molar-refractivity contribution in [1.29, 1.82) is 0 Å². The average molecular weight is 284 g/mol. The maximum Gasteiger partial charge on any atom is 0.159 e. The third kappa shape index (κ3) is 3.44. The highest BCUT2D eigenvalue weighted by Crippen LogP contribution is 2.18. The van der Waals surface area contributed by atoms with E-state index in [1.54, 1.807) is 0 Å². The van der Waals surface area contributed by atoms with Gasteiger partial charge in [-0.3, -0.25) is 0 Å². The lowest BCUT2D eigenvalue weighted by Crippen LogP contribution is -2.83. The zero-order chi connectivity index (χ0) is 13.6. The summed E-state index contributed by atoms with van der Waals surface area (Å²) < 4.78 is 5.79. The van der Waals surface area contributed by atoms with E-state index in [2.05, 4.69) is 47.8 Å². The molecule has 0 saturated carbocycles. The largest absolute Gasteiger partial charge is 0.455 e. The number of hydrogen-bond acceptors (Lipinski definition) is 2. The summed E-state index contributed by atoms with van der Waals surface area (Å²) in [5.74, 6) is 2.17. The van der Waals surface area contributed by atoms with E-state index in [-0.39, 0.29) is 0 Å². The second-order valence-electron chi connectivity index (χ2n) is 4.69. The standard InChI is InChI=1S/C17H17NOS/c1-2-7-16(8-3-1)20-11-10-18-13-15-12-14-6-4-5-9-17(14)19-15/h1-9,12,18H,10-11,13H2/p+1. The van der Waals surface area contributed by atoms with Gasteiger partial charge in [0.1, 0.15) is 12.1 Å². The third-order valence-electron chi connectivity index (χ3n) is 3.16. The van der Waals surface area contributed by atoms with Gasteiger partial charge in [-0.1, -0.05) is 36.4 Å². The first-order valence-electron chi connectivity index (χ1n) is 6.89. The molecule has 0 atom stereocenters. The monoisotopic (exact) mass is 284 g/mol. The van der Waals surface area contributed by atoms with E-state index in [0.717, 1.165) is 30.2 Å². The lowest BCUT2D eigenvalue weighted by atomic mass is 10.2. The fraction of sp³-hybridized carbons (Fsp3) is 0.176. The van der Waals surface area contributed by atoms with Gasteiger partial charge in [-0.05, 0) is 24.3 Å². The van der Waals surface area contributed by atoms with Crippen LogP contribution >= 0.6 is 11.8 Å². The van der Waals surface area contributed by atoms with E-state index < -0.39 is 0 Å². The molecule has 0 spiro atoms. The zero-order valence-corrected chi connectivity index (χ0v) is 12.1. The fourth-order valence-electron chi connectivity index (χ4n) is 2.16. The van der Waals surface area contributed by atoms with Gasteiger partial charge in [0, 0.05) is 16.0 Å². The molecule has 3 rings (SSSR count). The summed E-state index contributed by atoms with van der Waals surface area (Å²) >= 11 is 1.90. The molecule has 0 amide bonds. The van der Waals surface area contributed by atoms with Gasteiger partial charge in [-0.25, -0.2) is 0 Å². The minimum absolute atomic E-state index is 0.907. The molecule has 0 unspecified atom stereocenters. The maximum atomic E-state index is 5.79. The summed E-state index contributed by atoms with van der Waals surface area (Å²) in [5, 5.41) is 3.49. The smallest absolute Gasteiger partial charge is 0.159 e. The Labute approximate surface area is 123 Å². The summed E-state index contributed by atoms with van der Waals surface area (Å²) in [6.45, 7) is 2.00. The Kier molecular flexibility index (Phi) is 4.41. The van der Waals surface area contributed by atoms with Gasteiger partial charge in [0.2, 0.25) is 0 Å². The molecule has 0 aliphatic rings. The van der Waals surface area contributed by atoms with E-state index in [1.807, 2.05) is 30.0 Å². The average Bonchev–Trinajstić information content (AvgIpc) is 2.90. The molecule has 2 aromatic carbocycles. The molecule has 0 radical (unpaired) electrons. The highest BCUT2D eigenvalue weighted by Gasteiger charge is 2.04. The minimum atomic E-state index is 0.907. The first kappa shape index (κ1) is 13.3. The fourth-order valence-corrected chi connectivity index (χ4v) is 3.03. The first-order chi connectivity index (χ1) is 9.92. The van der Waals surface area contributed by atoms with Gasteiger partial charge >= 0.3 is 0 Å². The number of quaternary nitrogens is 1. The Morgan fingerprint density at radius 1 is 0.950 bits per heavy atom. The highest BCUT2D eigenvalue weighted by atomic mass is 32.2. The van der Waals surface area contributed by atoms with E-state index in [1.165, 1.54) is 10.3 Å². The zero-order valence-electron chi connectivity index (χ0n) is 11.3. The molecule has 0 aliphatic heterocycles. The second-order valence-corrected chi connectivity index (χ2v) is 5.86. The number of benzene rings is 2. The molecule has 2 N–H and O–H groups in total. The van der Waals surface area contributed by atoms with Crippen molar-refractivity contribution >= 4 is 22.7 Å². The molecule has 102 valence electrons. The molecule has 2 nitrogen and oxygen atoms in total. The molecule has 0 bridgehead atoms. The second kappa shape index (κ2) is 6.64. The summed E-state index contributed by atoms with van der Waals surface area (Å²) in [6, 6.07) is 20.8. The predicted molar refractivity (Wildman–Crippen MR) is 83.9 cm³/mol. The van der Waals surface area contributed by atoms with Crippen LogP contribution in [0.1, 0.15) is 5.76 Å². The lowest BCUT2D eigenvalue weighted by Gasteiger charge is -2.00. The number of thioether (sulfide) groups is 1. The predicted octanol–water partition coefficient (Wildman–Crippen LogP) is 3.29. The molecule has 0 saturated heterocycles. The normalized spacial score (nSPS) is 11.0. The van der Waals surface area contributed by atoms with Crippen LogP contribution < -0.4 is 5.32 Å². The number of rotatable bonds is 6. The number of para-hydroxylation sites is 1. The van der Waals surface area contributed by atoms with Crippen molar-refractivity contribution in [3.63, 3.8) is 0 Å². The van der Waals surface area contributed by atoms with E-state index >= 15 is 0 Å². The van der Waals surface area contributed by atoms with Crippen molar-refractivity contribution in [2.45, 2.75) is 11.4 Å². The summed E-state index contributed by atoms with van der Waals surface area (Å²) in [6.07, 6.45) is 0. The topological polar surface area (TPSA) is 29.8 Å². The van der Waals surface area contributed by atoms with Crippen LogP contribution in [-0.4, -0.2) is 12.3 Å². The molecular weight excluding hydrogens is 266 g/mol. The third-order valence-corrected chi connectivity index (χ3v) is 4.20. The van der Waals surface area contributed by atoms with Crippen LogP contribution in [0.3, 0.4) is 0 Å². The molecule has 1 aromatic heterocycles. The van der Waals surface area contributed by atoms with Crippen molar-refractivity contribution < 1.29 is 9.73 Å². The van der Waals surface area contributed by atoms with Crippen LogP contribution in [0.15, 0.2) is 70.0 Å². The van der Waals surface area contributed by atoms with Gasteiger partial charge in [-0.15, -0.1) is 11.8 Å². The molecule has 20 heavy (non-hydrogen) atoms. The number of nitrogens with two attached hydrogens (primary N) is 1. The van der Waals surface area contributed by atoms with Crippen molar-refractivity contribution in [2.75, 3.05) is 12.3 Å². The van der Waals surface area contributed by atoms with Crippen molar-refractivity contribution in [3.8, 4) is 0 Å². The van der Waals surface area contributed by atoms with E-state index in [0.29, 0.717) is 0 Å². The van der Waals surface area contributed by atoms with Gasteiger partial charge in [-0.2, -0.15) is 0 Å². The maximum absolute atomic E-state index is 5.79. The Hall–Kier alpha value is -1.71. The SMILES string of the molecule is c1ccc(SCC[NH2+]Cc2cc3ccccc3o2)cc1. The summed E-state index contributed by atoms with van der Waals surface area (Å²) in [7, 11) is 0. The van der Waals surface area contributed by atoms with Crippen LogP contribution in [0.2, 0.25) is 0 Å². The molecular formula is C17H18NOS+. The number of furan rings is 1. The minimum Gasteiger partial charge on any atom is -0.455 e. The van der Waals surface area contributed by atoms with Gasteiger partial charge in [0.25, 0.3) is 0 Å². The molecule has 0 aliphatic carbocycles. The van der Waals surface area contributed by atoms with Crippen LogP contribution in [0.4, 0.5) is 0 Å². The molecule has 3 aromatic rings. The first-order valence-corrected chi connectivity index (χ1v) is 7.87. The number of hydrogen-bond donors (Lipinski definition) is 1. The molecule has 3 heteroatoms. The Balaban J connectivity index is 1.43. The van der Waals surface area contributed by atoms with Crippen LogP contribution in [0, 0.1) is 0 Å². The molecule has 1 heterocycles. The Morgan fingerprint density at radius 2 is 1.75 bits per heavy atom. The summed E-state index contributed by atoms with van der Waals surface area (Å²) in [4.78, 5) is 1.34. The van der Waals surface area contributed by atoms with Crippen LogP contribution in [0.5, 0.6) is 0 Å². The molecule has 0 fully saturated rings. The lowest BCUT2D eigenvalue weighted by molar-refractivity contribution is -0.668. The van der Waals surface area contributed by atoms with Gasteiger partial charge < -0.3 is 9.73 Å². The van der Waals surface area contributed by atoms with Crippen LogP contribution in [0.25, 0.3) is 11.0 Å². The van der Waals surface area contributed by atoms with Crippen molar-refractivity contribution in [2.24, 2.45) is 0 Å². The van der Waals surface area contributed by atoms with Gasteiger partial charge in [0.05, 0.1) is 6.54 Å². The highest BCUT2D eigenvalue weighted by molar-refractivity contribution is 7.99. The number of fused-ring (bicyclic) bond motifs is 1. The van der Waals surface area contributed by atoms with E-state index in [4.69, 9.17) is 4.42 Å². The Morgan fingerprint density at radius 3 is 2.60 bits per heavy atom.